The topological polar surface area (TPSA) is 15.3 Å². The zero-order chi connectivity index (χ0) is 12.0. The van der Waals surface area contributed by atoms with Crippen LogP contribution in [0.4, 0.5) is 13.2 Å². The van der Waals surface area contributed by atoms with Gasteiger partial charge in [-0.2, -0.15) is 13.2 Å². The molecule has 2 fully saturated rings. The van der Waals surface area contributed by atoms with Gasteiger partial charge in [0.2, 0.25) is 0 Å². The Morgan fingerprint density at radius 1 is 1.31 bits per heavy atom. The van der Waals surface area contributed by atoms with Crippen molar-refractivity contribution in [2.45, 2.75) is 32.5 Å². The molecule has 2 aliphatic rings. The Hall–Kier alpha value is -0.290. The molecule has 2 nitrogen and oxygen atoms in total. The molecule has 2 atom stereocenters. The van der Waals surface area contributed by atoms with Crippen molar-refractivity contribution in [2.75, 3.05) is 26.2 Å². The highest BCUT2D eigenvalue weighted by atomic mass is 19.4. The van der Waals surface area contributed by atoms with E-state index in [-0.39, 0.29) is 18.5 Å². The lowest BCUT2D eigenvalue weighted by Gasteiger charge is -2.26. The van der Waals surface area contributed by atoms with Crippen LogP contribution in [0.1, 0.15) is 20.3 Å². The average molecular weight is 236 g/mol. The van der Waals surface area contributed by atoms with Crippen LogP contribution in [0.5, 0.6) is 0 Å². The molecule has 0 aromatic heterocycles. The number of nitrogens with zero attached hydrogens (tertiary/aromatic N) is 1. The molecule has 0 spiro atoms. The van der Waals surface area contributed by atoms with Gasteiger partial charge in [-0.05, 0) is 11.8 Å². The molecular weight excluding hydrogens is 217 g/mol. The van der Waals surface area contributed by atoms with Crippen molar-refractivity contribution >= 4 is 0 Å². The predicted molar refractivity (Wildman–Crippen MR) is 56.2 cm³/mol. The van der Waals surface area contributed by atoms with Gasteiger partial charge in [0.1, 0.15) is 0 Å². The monoisotopic (exact) mass is 236 g/mol. The summed E-state index contributed by atoms with van der Waals surface area (Å²) in [6, 6.07) is 0.345. The summed E-state index contributed by atoms with van der Waals surface area (Å²) in [6.45, 7) is 5.87. The SMILES string of the molecule is CC1(C)CC1N1CCNCC(C(F)(F)F)C1. The standard InChI is InChI=1S/C11H19F3N2/c1-10(2)5-9(10)16-4-3-15-6-8(7-16)11(12,13)14/h8-9,15H,3-7H2,1-2H3. The van der Waals surface area contributed by atoms with E-state index in [0.717, 1.165) is 13.0 Å². The van der Waals surface area contributed by atoms with E-state index in [9.17, 15) is 13.2 Å². The molecule has 94 valence electrons. The lowest BCUT2D eigenvalue weighted by Crippen LogP contribution is -2.39. The quantitative estimate of drug-likeness (QED) is 0.747. The Labute approximate surface area is 94.2 Å². The highest BCUT2D eigenvalue weighted by molar-refractivity contribution is 5.04. The fourth-order valence-electron chi connectivity index (χ4n) is 2.50. The van der Waals surface area contributed by atoms with E-state index in [1.165, 1.54) is 0 Å². The fraction of sp³-hybridized carbons (Fsp3) is 1.00. The van der Waals surface area contributed by atoms with Crippen LogP contribution in [0.15, 0.2) is 0 Å². The van der Waals surface area contributed by atoms with Crippen molar-refractivity contribution < 1.29 is 13.2 Å². The molecule has 1 heterocycles. The van der Waals surface area contributed by atoms with E-state index < -0.39 is 12.1 Å². The molecule has 1 saturated heterocycles. The molecule has 0 aromatic carbocycles. The average Bonchev–Trinajstić information content (AvgIpc) is 2.80. The van der Waals surface area contributed by atoms with Crippen molar-refractivity contribution in [1.29, 1.82) is 0 Å². The number of nitrogens with one attached hydrogen (secondary N) is 1. The molecule has 2 rings (SSSR count). The van der Waals surface area contributed by atoms with E-state index in [0.29, 0.717) is 12.6 Å². The Morgan fingerprint density at radius 2 is 1.94 bits per heavy atom. The fourth-order valence-corrected chi connectivity index (χ4v) is 2.50. The minimum Gasteiger partial charge on any atom is -0.315 e. The number of rotatable bonds is 1. The first-order chi connectivity index (χ1) is 7.31. The zero-order valence-electron chi connectivity index (χ0n) is 9.77. The third-order valence-electron chi connectivity index (χ3n) is 3.79. The molecule has 2 unspecified atom stereocenters. The maximum atomic E-state index is 12.7. The van der Waals surface area contributed by atoms with Gasteiger partial charge < -0.3 is 5.32 Å². The van der Waals surface area contributed by atoms with Gasteiger partial charge >= 0.3 is 6.18 Å². The summed E-state index contributed by atoms with van der Waals surface area (Å²) in [5, 5.41) is 2.88. The second kappa shape index (κ2) is 3.88. The molecule has 1 saturated carbocycles. The van der Waals surface area contributed by atoms with Crippen molar-refractivity contribution in [3.8, 4) is 0 Å². The summed E-state index contributed by atoms with van der Waals surface area (Å²) in [7, 11) is 0. The number of halogens is 3. The Morgan fingerprint density at radius 3 is 2.44 bits per heavy atom. The summed E-state index contributed by atoms with van der Waals surface area (Å²) < 4.78 is 38.1. The van der Waals surface area contributed by atoms with Crippen LogP contribution in [-0.4, -0.2) is 43.3 Å². The normalized spacial score (nSPS) is 35.8. The van der Waals surface area contributed by atoms with Crippen molar-refractivity contribution in [1.82, 2.24) is 10.2 Å². The smallest absolute Gasteiger partial charge is 0.315 e. The minimum absolute atomic E-state index is 0.0626. The number of hydrogen-bond acceptors (Lipinski definition) is 2. The van der Waals surface area contributed by atoms with Gasteiger partial charge in [0.25, 0.3) is 0 Å². The van der Waals surface area contributed by atoms with Gasteiger partial charge in [-0.25, -0.2) is 0 Å². The molecule has 0 bridgehead atoms. The summed E-state index contributed by atoms with van der Waals surface area (Å²) in [4.78, 5) is 2.01. The van der Waals surface area contributed by atoms with Crippen LogP contribution in [0.2, 0.25) is 0 Å². The lowest BCUT2D eigenvalue weighted by molar-refractivity contribution is -0.176. The lowest BCUT2D eigenvalue weighted by atomic mass is 10.1. The molecule has 0 aromatic rings. The molecular formula is C11H19F3N2. The molecule has 16 heavy (non-hydrogen) atoms. The first kappa shape index (κ1) is 12.2. The first-order valence-corrected chi connectivity index (χ1v) is 5.82. The summed E-state index contributed by atoms with van der Waals surface area (Å²) in [5.41, 5.74) is 0.209. The highest BCUT2D eigenvalue weighted by Crippen LogP contribution is 2.49. The maximum absolute atomic E-state index is 12.7. The van der Waals surface area contributed by atoms with Gasteiger partial charge in [-0.1, -0.05) is 13.8 Å². The van der Waals surface area contributed by atoms with Crippen LogP contribution < -0.4 is 5.32 Å². The minimum atomic E-state index is -4.07. The Bertz CT molecular complexity index is 262. The predicted octanol–water partition coefficient (Wildman–Crippen LogP) is 1.87. The van der Waals surface area contributed by atoms with Crippen molar-refractivity contribution in [3.05, 3.63) is 0 Å². The number of hydrogen-bond donors (Lipinski definition) is 1. The van der Waals surface area contributed by atoms with Crippen LogP contribution in [0.25, 0.3) is 0 Å². The summed E-state index contributed by atoms with van der Waals surface area (Å²) >= 11 is 0. The van der Waals surface area contributed by atoms with E-state index in [2.05, 4.69) is 19.2 Å². The third kappa shape index (κ3) is 2.51. The second-order valence-electron chi connectivity index (χ2n) is 5.65. The number of alkyl halides is 3. The first-order valence-electron chi connectivity index (χ1n) is 5.82. The van der Waals surface area contributed by atoms with Gasteiger partial charge in [0, 0.05) is 32.2 Å². The third-order valence-corrected chi connectivity index (χ3v) is 3.79. The van der Waals surface area contributed by atoms with Crippen molar-refractivity contribution in [3.63, 3.8) is 0 Å². The molecule has 1 N–H and O–H groups in total. The largest absolute Gasteiger partial charge is 0.394 e. The summed E-state index contributed by atoms with van der Waals surface area (Å²) in [5.74, 6) is -1.22. The van der Waals surface area contributed by atoms with Gasteiger partial charge in [0.15, 0.2) is 0 Å². The zero-order valence-corrected chi connectivity index (χ0v) is 9.77. The highest BCUT2D eigenvalue weighted by Gasteiger charge is 2.51. The molecule has 0 radical (unpaired) electrons. The van der Waals surface area contributed by atoms with Gasteiger partial charge in [0.05, 0.1) is 5.92 Å². The molecule has 5 heteroatoms. The second-order valence-corrected chi connectivity index (χ2v) is 5.65. The summed E-state index contributed by atoms with van der Waals surface area (Å²) in [6.07, 6.45) is -3.05. The molecule has 1 aliphatic carbocycles. The maximum Gasteiger partial charge on any atom is 0.394 e. The van der Waals surface area contributed by atoms with Crippen LogP contribution in [0.3, 0.4) is 0 Å². The van der Waals surface area contributed by atoms with E-state index in [4.69, 9.17) is 0 Å². The van der Waals surface area contributed by atoms with Gasteiger partial charge in [-0.15, -0.1) is 0 Å². The van der Waals surface area contributed by atoms with Crippen molar-refractivity contribution in [2.24, 2.45) is 11.3 Å². The van der Waals surface area contributed by atoms with E-state index in [1.54, 1.807) is 0 Å². The van der Waals surface area contributed by atoms with Crippen LogP contribution in [-0.2, 0) is 0 Å². The Kier molecular flexibility index (Phi) is 2.95. The molecule has 1 aliphatic heterocycles. The van der Waals surface area contributed by atoms with Crippen LogP contribution >= 0.6 is 0 Å². The Balaban J connectivity index is 1.99. The van der Waals surface area contributed by atoms with Gasteiger partial charge in [-0.3, -0.25) is 4.90 Å². The molecule has 0 amide bonds. The van der Waals surface area contributed by atoms with E-state index >= 15 is 0 Å². The van der Waals surface area contributed by atoms with E-state index in [1.807, 2.05) is 4.90 Å². The van der Waals surface area contributed by atoms with Crippen LogP contribution in [0, 0.1) is 11.3 Å².